The van der Waals surface area contributed by atoms with Crippen LogP contribution in [0.3, 0.4) is 0 Å². The van der Waals surface area contributed by atoms with E-state index >= 15 is 0 Å². The van der Waals surface area contributed by atoms with Crippen LogP contribution in [0.1, 0.15) is 23.2 Å². The van der Waals surface area contributed by atoms with Gasteiger partial charge in [-0.15, -0.1) is 11.3 Å². The van der Waals surface area contributed by atoms with Gasteiger partial charge < -0.3 is 9.13 Å². The average Bonchev–Trinajstić information content (AvgIpc) is 3.79. The van der Waals surface area contributed by atoms with Crippen molar-refractivity contribution in [1.82, 2.24) is 9.13 Å². The van der Waals surface area contributed by atoms with Gasteiger partial charge in [-0.25, -0.2) is 0 Å². The average molecular weight is 618 g/mol. The highest BCUT2D eigenvalue weighted by Crippen LogP contribution is 2.45. The number of hydrogen-bond acceptors (Lipinski definition) is 2. The number of benzene rings is 6. The molecule has 3 heterocycles. The topological polar surface area (TPSA) is 33.6 Å². The Balaban J connectivity index is 1.31. The van der Waals surface area contributed by atoms with E-state index in [1.807, 2.05) is 23.5 Å². The first-order chi connectivity index (χ1) is 23.3. The van der Waals surface area contributed by atoms with Crippen molar-refractivity contribution in [1.29, 1.82) is 5.26 Å². The number of aromatic nitrogens is 2. The molecule has 9 aromatic rings. The summed E-state index contributed by atoms with van der Waals surface area (Å²) in [6.45, 7) is 0. The van der Waals surface area contributed by atoms with Crippen LogP contribution in [0.15, 0.2) is 133 Å². The normalized spacial score (nSPS) is 12.8. The zero-order valence-electron chi connectivity index (χ0n) is 25.4. The molecule has 0 bridgehead atoms. The van der Waals surface area contributed by atoms with Crippen molar-refractivity contribution < 1.29 is 0 Å². The second-order valence-electron chi connectivity index (χ2n) is 12.3. The molecule has 0 unspecified atom stereocenters. The Morgan fingerprint density at radius 2 is 1.45 bits per heavy atom. The maximum absolute atomic E-state index is 10.5. The highest BCUT2D eigenvalue weighted by Gasteiger charge is 2.24. The summed E-state index contributed by atoms with van der Waals surface area (Å²) < 4.78 is 7.35. The van der Waals surface area contributed by atoms with Gasteiger partial charge in [0.2, 0.25) is 0 Å². The number of para-hydroxylation sites is 3. The number of rotatable bonds is 3. The summed E-state index contributed by atoms with van der Waals surface area (Å²) in [6, 6.07) is 48.2. The van der Waals surface area contributed by atoms with Gasteiger partial charge in [-0.3, -0.25) is 0 Å². The number of fused-ring (bicyclic) bond motifs is 10. The number of aryl methyl sites for hydroxylation is 1. The van der Waals surface area contributed by atoms with E-state index in [1.165, 1.54) is 58.6 Å². The Labute approximate surface area is 275 Å². The van der Waals surface area contributed by atoms with Crippen molar-refractivity contribution in [2.45, 2.75) is 12.8 Å². The van der Waals surface area contributed by atoms with Crippen LogP contribution in [0.4, 0.5) is 0 Å². The minimum absolute atomic E-state index is 0.670. The number of allylic oxidation sites excluding steroid dienone is 1. The number of nitriles is 1. The second-order valence-corrected chi connectivity index (χ2v) is 13.4. The van der Waals surface area contributed by atoms with E-state index in [1.54, 1.807) is 0 Å². The first-order valence-corrected chi connectivity index (χ1v) is 16.9. The molecular formula is C43H27N3S. The predicted octanol–water partition coefficient (Wildman–Crippen LogP) is 11.6. The van der Waals surface area contributed by atoms with Gasteiger partial charge in [-0.2, -0.15) is 5.26 Å². The molecule has 0 fully saturated rings. The third-order valence-electron chi connectivity index (χ3n) is 9.83. The zero-order valence-corrected chi connectivity index (χ0v) is 26.3. The summed E-state index contributed by atoms with van der Waals surface area (Å²) in [4.78, 5) is 0. The first-order valence-electron chi connectivity index (χ1n) is 16.1. The highest BCUT2D eigenvalue weighted by molar-refractivity contribution is 7.26. The molecule has 47 heavy (non-hydrogen) atoms. The fraction of sp³-hybridized carbons (Fsp3) is 0.0465. The molecule has 3 aromatic heterocycles. The van der Waals surface area contributed by atoms with Gasteiger partial charge >= 0.3 is 0 Å². The van der Waals surface area contributed by atoms with Crippen molar-refractivity contribution >= 4 is 70.3 Å². The molecule has 1 aliphatic rings. The van der Waals surface area contributed by atoms with Gasteiger partial charge in [0, 0.05) is 53.3 Å². The van der Waals surface area contributed by atoms with E-state index in [0.717, 1.165) is 40.9 Å². The standard InChI is InChI=1S/C43H27N3S/c44-26-28-11-10-17-30(42(28)46-36-18-7-4-14-31(36)32-15-5-8-19-37(32)46)27-21-23-38-35(25-27)33-22-24-40-41(34-16-6-9-20-39(34)47-40)43(33)45(38)29-12-2-1-3-13-29/h1-4,6-14,16-25H,5,15H2. The maximum Gasteiger partial charge on any atom is 0.101 e. The second kappa shape index (κ2) is 10.1. The Bertz CT molecular complexity index is 2800. The van der Waals surface area contributed by atoms with Crippen LogP contribution < -0.4 is 0 Å². The van der Waals surface area contributed by atoms with Gasteiger partial charge in [0.15, 0.2) is 0 Å². The summed E-state index contributed by atoms with van der Waals surface area (Å²) in [5, 5.41) is 16.8. The van der Waals surface area contributed by atoms with Gasteiger partial charge in [0.25, 0.3) is 0 Å². The Hall–Kier alpha value is -5.89. The Morgan fingerprint density at radius 3 is 2.34 bits per heavy atom. The van der Waals surface area contributed by atoms with Crippen LogP contribution >= 0.6 is 11.3 Å². The molecule has 0 saturated carbocycles. The molecule has 0 radical (unpaired) electrons. The molecule has 220 valence electrons. The van der Waals surface area contributed by atoms with Crippen LogP contribution in [0.2, 0.25) is 0 Å². The fourth-order valence-corrected chi connectivity index (χ4v) is 8.97. The lowest BCUT2D eigenvalue weighted by Gasteiger charge is -2.18. The van der Waals surface area contributed by atoms with Crippen LogP contribution in [-0.2, 0) is 6.42 Å². The Morgan fingerprint density at radius 1 is 0.638 bits per heavy atom. The number of nitrogens with zero attached hydrogens (tertiary/aromatic N) is 3. The van der Waals surface area contributed by atoms with Crippen molar-refractivity contribution in [2.75, 3.05) is 0 Å². The quantitative estimate of drug-likeness (QED) is 0.194. The summed E-state index contributed by atoms with van der Waals surface area (Å²) in [5.74, 6) is 0. The van der Waals surface area contributed by atoms with E-state index in [-0.39, 0.29) is 0 Å². The lowest BCUT2D eigenvalue weighted by molar-refractivity contribution is 0.967. The SMILES string of the molecule is N#Cc1cccc(-c2ccc3c(c2)c2ccc4sc5ccccc5c4c2n3-c2ccccc2)c1-n1c2c(c3ccccc31)CCC=C2. The third-order valence-corrected chi connectivity index (χ3v) is 11.0. The number of thiophene rings is 1. The van der Waals surface area contributed by atoms with Crippen LogP contribution in [0, 0.1) is 11.3 Å². The van der Waals surface area contributed by atoms with Crippen LogP contribution in [0.5, 0.6) is 0 Å². The van der Waals surface area contributed by atoms with E-state index in [2.05, 4.69) is 143 Å². The molecule has 0 atom stereocenters. The molecule has 0 saturated heterocycles. The van der Waals surface area contributed by atoms with Gasteiger partial charge in [0.05, 0.1) is 27.8 Å². The zero-order chi connectivity index (χ0) is 31.1. The lowest BCUT2D eigenvalue weighted by atomic mass is 9.97. The number of hydrogen-bond donors (Lipinski definition) is 0. The van der Waals surface area contributed by atoms with Gasteiger partial charge in [0.1, 0.15) is 6.07 Å². The summed E-state index contributed by atoms with van der Waals surface area (Å²) >= 11 is 1.85. The summed E-state index contributed by atoms with van der Waals surface area (Å²) in [5.41, 5.74) is 11.0. The monoisotopic (exact) mass is 617 g/mol. The smallest absolute Gasteiger partial charge is 0.101 e. The van der Waals surface area contributed by atoms with Crippen molar-refractivity contribution in [2.24, 2.45) is 0 Å². The first kappa shape index (κ1) is 26.3. The van der Waals surface area contributed by atoms with Gasteiger partial charge in [-0.1, -0.05) is 84.9 Å². The highest BCUT2D eigenvalue weighted by atomic mass is 32.1. The van der Waals surface area contributed by atoms with Gasteiger partial charge in [-0.05, 0) is 78.6 Å². The molecule has 10 rings (SSSR count). The van der Waals surface area contributed by atoms with Crippen LogP contribution in [-0.4, -0.2) is 9.13 Å². The Kier molecular flexibility index (Phi) is 5.64. The van der Waals surface area contributed by atoms with E-state index < -0.39 is 0 Å². The third kappa shape index (κ3) is 3.72. The fourth-order valence-electron chi connectivity index (χ4n) is 7.86. The molecule has 0 spiro atoms. The van der Waals surface area contributed by atoms with E-state index in [4.69, 9.17) is 0 Å². The summed E-state index contributed by atoms with van der Waals surface area (Å²) in [7, 11) is 0. The predicted molar refractivity (Wildman–Crippen MR) is 198 cm³/mol. The van der Waals surface area contributed by atoms with Crippen LogP contribution in [0.25, 0.3) is 81.5 Å². The lowest BCUT2D eigenvalue weighted by Crippen LogP contribution is -2.04. The molecule has 0 aliphatic heterocycles. The van der Waals surface area contributed by atoms with Crippen molar-refractivity contribution in [3.63, 3.8) is 0 Å². The van der Waals surface area contributed by atoms with E-state index in [0.29, 0.717) is 5.56 Å². The largest absolute Gasteiger partial charge is 0.309 e. The molecule has 0 N–H and O–H groups in total. The molecule has 4 heteroatoms. The molecular weight excluding hydrogens is 591 g/mol. The molecule has 3 nitrogen and oxygen atoms in total. The minimum atomic E-state index is 0.670. The van der Waals surface area contributed by atoms with Crippen molar-refractivity contribution in [3.8, 4) is 28.6 Å². The summed E-state index contributed by atoms with van der Waals surface area (Å²) in [6.07, 6.45) is 6.53. The minimum Gasteiger partial charge on any atom is -0.309 e. The molecule has 0 amide bonds. The molecule has 6 aromatic carbocycles. The van der Waals surface area contributed by atoms with Crippen molar-refractivity contribution in [3.05, 3.63) is 150 Å². The molecule has 1 aliphatic carbocycles. The maximum atomic E-state index is 10.5. The van der Waals surface area contributed by atoms with E-state index in [9.17, 15) is 5.26 Å².